The number of amides is 2. The van der Waals surface area contributed by atoms with Crippen molar-refractivity contribution in [3.8, 4) is 11.1 Å². The maximum absolute atomic E-state index is 13.4. The predicted octanol–water partition coefficient (Wildman–Crippen LogP) is 2.56. The number of ether oxygens (including phenoxy) is 2. The molecule has 0 radical (unpaired) electrons. The van der Waals surface area contributed by atoms with E-state index in [1.165, 1.54) is 19.2 Å². The Labute approximate surface area is 181 Å². The number of carbonyl (C=O) groups is 2. The van der Waals surface area contributed by atoms with Crippen LogP contribution < -0.4 is 5.32 Å². The van der Waals surface area contributed by atoms with Crippen molar-refractivity contribution in [2.45, 2.75) is 30.9 Å². The third-order valence-electron chi connectivity index (χ3n) is 5.78. The summed E-state index contributed by atoms with van der Waals surface area (Å²) < 4.78 is 24.6. The molecule has 2 aromatic carbocycles. The Morgan fingerprint density at radius 3 is 2.65 bits per heavy atom. The van der Waals surface area contributed by atoms with Crippen LogP contribution in [0, 0.1) is 5.82 Å². The zero-order valence-electron chi connectivity index (χ0n) is 17.6. The van der Waals surface area contributed by atoms with Gasteiger partial charge in [0.05, 0.1) is 13.2 Å². The molecule has 6 nitrogen and oxygen atoms in total. The van der Waals surface area contributed by atoms with Gasteiger partial charge in [0.2, 0.25) is 5.91 Å². The third kappa shape index (κ3) is 4.94. The molecule has 2 aliphatic rings. The first-order valence-electron chi connectivity index (χ1n) is 10.6. The molecule has 0 unspecified atom stereocenters. The van der Waals surface area contributed by atoms with Gasteiger partial charge in [0.15, 0.2) is 5.60 Å². The molecule has 4 rings (SSSR count). The summed E-state index contributed by atoms with van der Waals surface area (Å²) in [7, 11) is 1.48. The fraction of sp³-hybridized carbons (Fsp3) is 0.417. The second-order valence-electron chi connectivity index (χ2n) is 8.18. The minimum Gasteiger partial charge on any atom is -0.375 e. The van der Waals surface area contributed by atoms with E-state index in [0.717, 1.165) is 29.5 Å². The molecule has 0 bridgehead atoms. The molecule has 0 spiro atoms. The monoisotopic (exact) mass is 426 g/mol. The maximum Gasteiger partial charge on any atom is 0.254 e. The second kappa shape index (κ2) is 9.16. The van der Waals surface area contributed by atoms with Crippen LogP contribution in [-0.2, 0) is 25.5 Å². The van der Waals surface area contributed by atoms with Gasteiger partial charge in [-0.25, -0.2) is 4.39 Å². The summed E-state index contributed by atoms with van der Waals surface area (Å²) >= 11 is 0. The van der Waals surface area contributed by atoms with Crippen molar-refractivity contribution in [1.29, 1.82) is 0 Å². The van der Waals surface area contributed by atoms with Crippen molar-refractivity contribution in [3.05, 3.63) is 59.9 Å². The highest BCUT2D eigenvalue weighted by Gasteiger charge is 2.46. The maximum atomic E-state index is 13.4. The molecular formula is C24H27FN2O4. The molecule has 7 heteroatoms. The van der Waals surface area contributed by atoms with E-state index in [9.17, 15) is 14.0 Å². The van der Waals surface area contributed by atoms with Crippen LogP contribution in [0.3, 0.4) is 0 Å². The van der Waals surface area contributed by atoms with E-state index in [1.54, 1.807) is 17.0 Å². The Morgan fingerprint density at radius 2 is 1.94 bits per heavy atom. The lowest BCUT2D eigenvalue weighted by Crippen LogP contribution is -2.62. The Balaban J connectivity index is 1.66. The number of rotatable bonds is 7. The van der Waals surface area contributed by atoms with Crippen LogP contribution in [0.5, 0.6) is 0 Å². The zero-order valence-corrected chi connectivity index (χ0v) is 17.6. The summed E-state index contributed by atoms with van der Waals surface area (Å²) in [5.41, 5.74) is 1.48. The minimum atomic E-state index is -1.19. The van der Waals surface area contributed by atoms with Crippen LogP contribution in [0.4, 0.5) is 4.39 Å². The highest BCUT2D eigenvalue weighted by atomic mass is 19.1. The first kappa shape index (κ1) is 21.5. The number of hydrogen-bond acceptors (Lipinski definition) is 4. The number of halogens is 1. The zero-order chi connectivity index (χ0) is 21.8. The molecule has 2 fully saturated rings. The fourth-order valence-corrected chi connectivity index (χ4v) is 3.97. The lowest BCUT2D eigenvalue weighted by Gasteiger charge is -2.42. The lowest BCUT2D eigenvalue weighted by molar-refractivity contribution is -0.167. The summed E-state index contributed by atoms with van der Waals surface area (Å²) in [6.07, 6.45) is 2.22. The fourth-order valence-electron chi connectivity index (χ4n) is 3.97. The molecule has 0 aromatic heterocycles. The Morgan fingerprint density at radius 1 is 1.19 bits per heavy atom. The van der Waals surface area contributed by atoms with Gasteiger partial charge in [-0.15, -0.1) is 0 Å². The molecule has 1 aliphatic heterocycles. The van der Waals surface area contributed by atoms with Gasteiger partial charge < -0.3 is 19.7 Å². The van der Waals surface area contributed by atoms with Crippen molar-refractivity contribution >= 4 is 11.8 Å². The van der Waals surface area contributed by atoms with E-state index in [4.69, 9.17) is 9.47 Å². The number of carbonyl (C=O) groups excluding carboxylic acids is 2. The van der Waals surface area contributed by atoms with E-state index < -0.39 is 5.60 Å². The molecular weight excluding hydrogens is 399 g/mol. The molecule has 1 atom stereocenters. The standard InChI is InChI=1S/C24H27FN2O4/c1-30-15-22(28)27-12-13-31-24(16-27,23(29)26-20-10-11-20)14-18-4-2-3-5-21(18)17-6-8-19(25)9-7-17/h2-9,20H,10-16H2,1H3,(H,26,29)/t24-/m0/s1. The van der Waals surface area contributed by atoms with Gasteiger partial charge in [-0.1, -0.05) is 36.4 Å². The van der Waals surface area contributed by atoms with Gasteiger partial charge in [0.1, 0.15) is 12.4 Å². The molecule has 2 aromatic rings. The van der Waals surface area contributed by atoms with Crippen molar-refractivity contribution in [1.82, 2.24) is 10.2 Å². The topological polar surface area (TPSA) is 67.9 Å². The molecule has 31 heavy (non-hydrogen) atoms. The Hall–Kier alpha value is -2.77. The Bertz CT molecular complexity index is 945. The van der Waals surface area contributed by atoms with Crippen LogP contribution in [0.2, 0.25) is 0 Å². The summed E-state index contributed by atoms with van der Waals surface area (Å²) in [6.45, 7) is 0.810. The molecule has 164 valence electrons. The molecule has 2 amide bonds. The minimum absolute atomic E-state index is 0.0352. The highest BCUT2D eigenvalue weighted by molar-refractivity contribution is 5.88. The second-order valence-corrected chi connectivity index (χ2v) is 8.18. The first-order valence-corrected chi connectivity index (χ1v) is 10.6. The molecule has 1 saturated heterocycles. The average molecular weight is 426 g/mol. The van der Waals surface area contributed by atoms with Gasteiger partial charge in [-0.3, -0.25) is 9.59 Å². The summed E-state index contributed by atoms with van der Waals surface area (Å²) in [4.78, 5) is 27.5. The van der Waals surface area contributed by atoms with E-state index >= 15 is 0 Å². The van der Waals surface area contributed by atoms with Gasteiger partial charge in [-0.2, -0.15) is 0 Å². The number of hydrogen-bond donors (Lipinski definition) is 1. The summed E-state index contributed by atoms with van der Waals surface area (Å²) in [6, 6.07) is 14.2. The van der Waals surface area contributed by atoms with Crippen LogP contribution in [0.1, 0.15) is 18.4 Å². The van der Waals surface area contributed by atoms with Gasteiger partial charge in [-0.05, 0) is 41.7 Å². The van der Waals surface area contributed by atoms with Crippen LogP contribution in [0.25, 0.3) is 11.1 Å². The van der Waals surface area contributed by atoms with Gasteiger partial charge in [0.25, 0.3) is 5.91 Å². The summed E-state index contributed by atoms with van der Waals surface area (Å²) in [5.74, 6) is -0.663. The SMILES string of the molecule is COCC(=O)N1CCO[C@](Cc2ccccc2-c2ccc(F)cc2)(C(=O)NC2CC2)C1. The van der Waals surface area contributed by atoms with Crippen molar-refractivity contribution in [2.75, 3.05) is 33.4 Å². The van der Waals surface area contributed by atoms with Crippen molar-refractivity contribution < 1.29 is 23.5 Å². The van der Waals surface area contributed by atoms with E-state index in [2.05, 4.69) is 5.32 Å². The highest BCUT2D eigenvalue weighted by Crippen LogP contribution is 2.31. The van der Waals surface area contributed by atoms with E-state index in [1.807, 2.05) is 24.3 Å². The predicted molar refractivity (Wildman–Crippen MR) is 114 cm³/mol. The first-order chi connectivity index (χ1) is 15.0. The normalized spacial score (nSPS) is 21.0. The molecule has 1 saturated carbocycles. The smallest absolute Gasteiger partial charge is 0.254 e. The van der Waals surface area contributed by atoms with Gasteiger partial charge >= 0.3 is 0 Å². The number of nitrogens with one attached hydrogen (secondary N) is 1. The average Bonchev–Trinajstić information content (AvgIpc) is 3.59. The quantitative estimate of drug-likeness (QED) is 0.739. The van der Waals surface area contributed by atoms with E-state index in [-0.39, 0.29) is 43.4 Å². The van der Waals surface area contributed by atoms with Gasteiger partial charge in [0, 0.05) is 26.1 Å². The van der Waals surface area contributed by atoms with Crippen molar-refractivity contribution in [3.63, 3.8) is 0 Å². The number of morpholine rings is 1. The van der Waals surface area contributed by atoms with Crippen molar-refractivity contribution in [2.24, 2.45) is 0 Å². The number of nitrogens with zero attached hydrogens (tertiary/aromatic N) is 1. The Kier molecular flexibility index (Phi) is 6.34. The van der Waals surface area contributed by atoms with E-state index in [0.29, 0.717) is 13.0 Å². The number of benzene rings is 2. The van der Waals surface area contributed by atoms with Crippen LogP contribution in [0.15, 0.2) is 48.5 Å². The third-order valence-corrected chi connectivity index (χ3v) is 5.78. The lowest BCUT2D eigenvalue weighted by atomic mass is 9.87. The molecule has 1 heterocycles. The summed E-state index contributed by atoms with van der Waals surface area (Å²) in [5, 5.41) is 3.06. The number of methoxy groups -OCH3 is 1. The van der Waals surface area contributed by atoms with Crippen LogP contribution in [-0.4, -0.2) is 61.8 Å². The largest absolute Gasteiger partial charge is 0.375 e. The molecule has 1 N–H and O–H groups in total. The van der Waals surface area contributed by atoms with Crippen LogP contribution >= 0.6 is 0 Å². The molecule has 1 aliphatic carbocycles.